The van der Waals surface area contributed by atoms with Crippen molar-refractivity contribution in [1.82, 2.24) is 15.0 Å². The molecule has 1 unspecified atom stereocenters. The molecule has 1 aliphatic heterocycles. The molecule has 1 saturated heterocycles. The highest BCUT2D eigenvalue weighted by molar-refractivity contribution is 5.78. The van der Waals surface area contributed by atoms with E-state index < -0.39 is 0 Å². The minimum atomic E-state index is -0.312. The predicted molar refractivity (Wildman–Crippen MR) is 111 cm³/mol. The fourth-order valence-corrected chi connectivity index (χ4v) is 3.60. The van der Waals surface area contributed by atoms with E-state index in [1.807, 2.05) is 19.1 Å². The van der Waals surface area contributed by atoms with Gasteiger partial charge in [0.05, 0.1) is 13.7 Å². The van der Waals surface area contributed by atoms with Gasteiger partial charge in [-0.15, -0.1) is 0 Å². The van der Waals surface area contributed by atoms with Gasteiger partial charge in [0.15, 0.2) is 11.5 Å². The number of benzene rings is 2. The third-order valence-electron chi connectivity index (χ3n) is 5.20. The van der Waals surface area contributed by atoms with Crippen LogP contribution in [0.5, 0.6) is 11.5 Å². The molecule has 0 bridgehead atoms. The molecule has 0 aliphatic carbocycles. The van der Waals surface area contributed by atoms with Gasteiger partial charge in [-0.2, -0.15) is 4.98 Å². The third kappa shape index (κ3) is 4.52. The maximum atomic E-state index is 13.2. The maximum absolute atomic E-state index is 13.2. The zero-order chi connectivity index (χ0) is 21.8. The molecule has 7 nitrogen and oxygen atoms in total. The topological polar surface area (TPSA) is 77.7 Å². The van der Waals surface area contributed by atoms with Crippen molar-refractivity contribution in [2.45, 2.75) is 38.8 Å². The number of nitrogens with zero attached hydrogens (tertiary/aromatic N) is 3. The summed E-state index contributed by atoms with van der Waals surface area (Å²) in [7, 11) is 1.58. The van der Waals surface area contributed by atoms with E-state index in [0.29, 0.717) is 49.2 Å². The van der Waals surface area contributed by atoms with Gasteiger partial charge in [-0.1, -0.05) is 24.2 Å². The largest absolute Gasteiger partial charge is 0.493 e. The SMILES string of the molecule is CCCOc1ccc(-c2noc(C3CCC(=O)N3Cc3ccc(F)cc3)n2)cc1OC. The van der Waals surface area contributed by atoms with Gasteiger partial charge >= 0.3 is 0 Å². The molecule has 1 atom stereocenters. The zero-order valence-corrected chi connectivity index (χ0v) is 17.5. The van der Waals surface area contributed by atoms with E-state index in [0.717, 1.165) is 17.5 Å². The number of rotatable bonds is 8. The molecule has 162 valence electrons. The second kappa shape index (κ2) is 9.16. The fourth-order valence-electron chi connectivity index (χ4n) is 3.60. The molecule has 1 amide bonds. The molecule has 0 radical (unpaired) electrons. The number of methoxy groups -OCH3 is 1. The van der Waals surface area contributed by atoms with E-state index in [2.05, 4.69) is 10.1 Å². The number of hydrogen-bond acceptors (Lipinski definition) is 6. The van der Waals surface area contributed by atoms with Crippen LogP contribution in [0, 0.1) is 5.82 Å². The van der Waals surface area contributed by atoms with Crippen molar-refractivity contribution in [2.75, 3.05) is 13.7 Å². The molecule has 2 aromatic carbocycles. The minimum Gasteiger partial charge on any atom is -0.493 e. The van der Waals surface area contributed by atoms with Crippen molar-refractivity contribution in [3.63, 3.8) is 0 Å². The number of aromatic nitrogens is 2. The van der Waals surface area contributed by atoms with Gasteiger partial charge in [0, 0.05) is 18.5 Å². The van der Waals surface area contributed by atoms with E-state index in [1.165, 1.54) is 12.1 Å². The normalized spacial score (nSPS) is 16.0. The highest BCUT2D eigenvalue weighted by Gasteiger charge is 2.36. The first-order valence-electron chi connectivity index (χ1n) is 10.3. The molecular weight excluding hydrogens is 401 g/mol. The van der Waals surface area contributed by atoms with Crippen molar-refractivity contribution in [3.05, 3.63) is 59.7 Å². The maximum Gasteiger partial charge on any atom is 0.249 e. The summed E-state index contributed by atoms with van der Waals surface area (Å²) < 4.78 is 29.8. The number of likely N-dealkylation sites (tertiary alicyclic amines) is 1. The Kier molecular flexibility index (Phi) is 6.16. The summed E-state index contributed by atoms with van der Waals surface area (Å²) in [4.78, 5) is 18.7. The molecule has 0 spiro atoms. The lowest BCUT2D eigenvalue weighted by Crippen LogP contribution is -2.27. The Balaban J connectivity index is 1.54. The Labute approximate surface area is 179 Å². The molecule has 1 fully saturated rings. The smallest absolute Gasteiger partial charge is 0.249 e. The Morgan fingerprint density at radius 2 is 2.00 bits per heavy atom. The second-order valence-corrected chi connectivity index (χ2v) is 7.37. The van der Waals surface area contributed by atoms with Crippen LogP contribution < -0.4 is 9.47 Å². The van der Waals surface area contributed by atoms with Crippen LogP contribution in [0.3, 0.4) is 0 Å². The Morgan fingerprint density at radius 3 is 2.74 bits per heavy atom. The second-order valence-electron chi connectivity index (χ2n) is 7.37. The van der Waals surface area contributed by atoms with Gasteiger partial charge in [0.1, 0.15) is 11.9 Å². The standard InChI is InChI=1S/C23H24FN3O4/c1-3-12-30-19-10-6-16(13-20(19)29-2)22-25-23(31-26-22)18-9-11-21(28)27(18)14-15-4-7-17(24)8-5-15/h4-8,10,13,18H,3,9,11-12,14H2,1-2H3. The van der Waals surface area contributed by atoms with Crippen molar-refractivity contribution >= 4 is 5.91 Å². The fraction of sp³-hybridized carbons (Fsp3) is 0.348. The first-order chi connectivity index (χ1) is 15.1. The molecule has 8 heteroatoms. The van der Waals surface area contributed by atoms with Gasteiger partial charge < -0.3 is 18.9 Å². The molecular formula is C23H24FN3O4. The van der Waals surface area contributed by atoms with E-state index in [9.17, 15) is 9.18 Å². The molecule has 2 heterocycles. The van der Waals surface area contributed by atoms with E-state index in [1.54, 1.807) is 30.2 Å². The number of amides is 1. The van der Waals surface area contributed by atoms with Crippen molar-refractivity contribution in [2.24, 2.45) is 0 Å². The molecule has 0 N–H and O–H groups in total. The van der Waals surface area contributed by atoms with E-state index in [4.69, 9.17) is 14.0 Å². The summed E-state index contributed by atoms with van der Waals surface area (Å²) in [6, 6.07) is 11.3. The monoisotopic (exact) mass is 425 g/mol. The molecule has 0 saturated carbocycles. The van der Waals surface area contributed by atoms with Crippen LogP contribution in [0.25, 0.3) is 11.4 Å². The van der Waals surface area contributed by atoms with Gasteiger partial charge in [-0.3, -0.25) is 4.79 Å². The summed E-state index contributed by atoms with van der Waals surface area (Å²) in [6.07, 6.45) is 1.89. The van der Waals surface area contributed by atoms with Gasteiger partial charge in [-0.25, -0.2) is 4.39 Å². The van der Waals surface area contributed by atoms with Crippen LogP contribution >= 0.6 is 0 Å². The molecule has 4 rings (SSSR count). The van der Waals surface area contributed by atoms with Gasteiger partial charge in [0.2, 0.25) is 17.6 Å². The lowest BCUT2D eigenvalue weighted by molar-refractivity contribution is -0.129. The van der Waals surface area contributed by atoms with Crippen LogP contribution in [-0.2, 0) is 11.3 Å². The minimum absolute atomic E-state index is 0.00756. The van der Waals surface area contributed by atoms with Crippen LogP contribution in [0.2, 0.25) is 0 Å². The average Bonchev–Trinajstić information content (AvgIpc) is 3.41. The van der Waals surface area contributed by atoms with Crippen molar-refractivity contribution in [1.29, 1.82) is 0 Å². The van der Waals surface area contributed by atoms with Gasteiger partial charge in [-0.05, 0) is 48.7 Å². The summed E-state index contributed by atoms with van der Waals surface area (Å²) in [6.45, 7) is 3.00. The van der Waals surface area contributed by atoms with Crippen LogP contribution in [0.15, 0.2) is 47.0 Å². The number of carbonyl (C=O) groups excluding carboxylic acids is 1. The molecule has 3 aromatic rings. The lowest BCUT2D eigenvalue weighted by Gasteiger charge is -2.22. The molecule has 31 heavy (non-hydrogen) atoms. The number of ether oxygens (including phenoxy) is 2. The molecule has 1 aromatic heterocycles. The zero-order valence-electron chi connectivity index (χ0n) is 17.5. The van der Waals surface area contributed by atoms with Crippen molar-refractivity contribution < 1.29 is 23.2 Å². The summed E-state index contributed by atoms with van der Waals surface area (Å²) >= 11 is 0. The molecule has 1 aliphatic rings. The Morgan fingerprint density at radius 1 is 1.19 bits per heavy atom. The highest BCUT2D eigenvalue weighted by atomic mass is 19.1. The predicted octanol–water partition coefficient (Wildman–Crippen LogP) is 4.54. The number of hydrogen-bond donors (Lipinski definition) is 0. The Hall–Kier alpha value is -3.42. The first kappa shape index (κ1) is 20.8. The third-order valence-corrected chi connectivity index (χ3v) is 5.20. The van der Waals surface area contributed by atoms with Gasteiger partial charge in [0.25, 0.3) is 0 Å². The first-order valence-corrected chi connectivity index (χ1v) is 10.3. The number of halogens is 1. The summed E-state index contributed by atoms with van der Waals surface area (Å²) in [5.41, 5.74) is 1.57. The van der Waals surface area contributed by atoms with Crippen molar-refractivity contribution in [3.8, 4) is 22.9 Å². The Bertz CT molecular complexity index is 1050. The van der Waals surface area contributed by atoms with E-state index in [-0.39, 0.29) is 17.8 Å². The number of carbonyl (C=O) groups is 1. The average molecular weight is 425 g/mol. The van der Waals surface area contributed by atoms with Crippen LogP contribution in [-0.4, -0.2) is 34.7 Å². The van der Waals surface area contributed by atoms with Crippen LogP contribution in [0.4, 0.5) is 4.39 Å². The summed E-state index contributed by atoms with van der Waals surface area (Å²) in [5, 5.41) is 4.11. The van der Waals surface area contributed by atoms with Crippen LogP contribution in [0.1, 0.15) is 43.7 Å². The quantitative estimate of drug-likeness (QED) is 0.527. The highest BCUT2D eigenvalue weighted by Crippen LogP contribution is 2.36. The van der Waals surface area contributed by atoms with E-state index >= 15 is 0 Å². The summed E-state index contributed by atoms with van der Waals surface area (Å²) in [5.74, 6) is 1.74. The lowest BCUT2D eigenvalue weighted by atomic mass is 10.1.